The number of carbonyl (C=O) groups excluding carboxylic acids is 1. The Hall–Kier alpha value is -2.26. The number of amides is 1. The van der Waals surface area contributed by atoms with Gasteiger partial charge in [0, 0.05) is 32.7 Å². The maximum absolute atomic E-state index is 12.3. The lowest BCUT2D eigenvalue weighted by molar-refractivity contribution is 0.00921. The van der Waals surface area contributed by atoms with Gasteiger partial charge >= 0.3 is 0 Å². The highest BCUT2D eigenvalue weighted by molar-refractivity contribution is 5.92. The van der Waals surface area contributed by atoms with E-state index in [0.717, 1.165) is 12.8 Å². The molecule has 2 aromatic rings. The van der Waals surface area contributed by atoms with Gasteiger partial charge in [0.15, 0.2) is 11.5 Å². The van der Waals surface area contributed by atoms with Crippen LogP contribution < -0.4 is 0 Å². The molecule has 0 N–H and O–H groups in total. The molecule has 3 heterocycles. The number of piperidine rings is 1. The van der Waals surface area contributed by atoms with Crippen LogP contribution in [0.3, 0.4) is 0 Å². The standard InChI is InChI=1S/C16H22N4O5/c1-11-9-13(18-24-11)16(21)20-6-3-12(4-7-20)23-8-5-14-17-15(10-22-2)25-19-14/h9,12H,3-8,10H2,1-2H3. The largest absolute Gasteiger partial charge is 0.378 e. The summed E-state index contributed by atoms with van der Waals surface area (Å²) in [7, 11) is 1.58. The summed E-state index contributed by atoms with van der Waals surface area (Å²) in [6.45, 7) is 3.90. The first-order valence-electron chi connectivity index (χ1n) is 8.30. The number of ether oxygens (including phenoxy) is 2. The van der Waals surface area contributed by atoms with Crippen molar-refractivity contribution >= 4 is 5.91 Å². The third-order valence-corrected chi connectivity index (χ3v) is 4.03. The number of rotatable bonds is 7. The average molecular weight is 350 g/mol. The fraction of sp³-hybridized carbons (Fsp3) is 0.625. The van der Waals surface area contributed by atoms with Crippen LogP contribution in [0, 0.1) is 6.92 Å². The maximum Gasteiger partial charge on any atom is 0.276 e. The lowest BCUT2D eigenvalue weighted by Gasteiger charge is -2.31. The maximum atomic E-state index is 12.3. The van der Waals surface area contributed by atoms with Crippen molar-refractivity contribution in [3.8, 4) is 0 Å². The van der Waals surface area contributed by atoms with E-state index in [0.29, 0.717) is 55.9 Å². The van der Waals surface area contributed by atoms with E-state index >= 15 is 0 Å². The molecule has 0 spiro atoms. The van der Waals surface area contributed by atoms with E-state index in [9.17, 15) is 4.79 Å². The van der Waals surface area contributed by atoms with E-state index in [1.807, 2.05) is 0 Å². The third-order valence-electron chi connectivity index (χ3n) is 4.03. The molecule has 1 aliphatic heterocycles. The van der Waals surface area contributed by atoms with Crippen molar-refractivity contribution in [3.05, 3.63) is 29.2 Å². The normalized spacial score (nSPS) is 15.7. The van der Waals surface area contributed by atoms with Gasteiger partial charge in [-0.1, -0.05) is 10.3 Å². The van der Waals surface area contributed by atoms with Crippen molar-refractivity contribution in [2.75, 3.05) is 26.8 Å². The number of aromatic nitrogens is 3. The van der Waals surface area contributed by atoms with Gasteiger partial charge in [-0.2, -0.15) is 4.98 Å². The smallest absolute Gasteiger partial charge is 0.276 e. The Labute approximate surface area is 145 Å². The van der Waals surface area contributed by atoms with E-state index in [4.69, 9.17) is 18.5 Å². The molecule has 3 rings (SSSR count). The number of likely N-dealkylation sites (tertiary alicyclic amines) is 1. The summed E-state index contributed by atoms with van der Waals surface area (Å²) in [6.07, 6.45) is 2.31. The summed E-state index contributed by atoms with van der Waals surface area (Å²) in [6, 6.07) is 1.66. The fourth-order valence-electron chi connectivity index (χ4n) is 2.75. The topological polar surface area (TPSA) is 104 Å². The van der Waals surface area contributed by atoms with Crippen molar-refractivity contribution in [3.63, 3.8) is 0 Å². The summed E-state index contributed by atoms with van der Waals surface area (Å²) in [5.41, 5.74) is 0.362. The number of carbonyl (C=O) groups is 1. The molecule has 0 radical (unpaired) electrons. The minimum atomic E-state index is -0.0900. The van der Waals surface area contributed by atoms with Crippen molar-refractivity contribution in [1.82, 2.24) is 20.2 Å². The van der Waals surface area contributed by atoms with Gasteiger partial charge in [-0.3, -0.25) is 4.79 Å². The van der Waals surface area contributed by atoms with Gasteiger partial charge < -0.3 is 23.4 Å². The molecule has 9 heteroatoms. The molecule has 0 aromatic carbocycles. The van der Waals surface area contributed by atoms with Crippen LogP contribution in [0.5, 0.6) is 0 Å². The molecular weight excluding hydrogens is 328 g/mol. The van der Waals surface area contributed by atoms with Crippen LogP contribution in [0.15, 0.2) is 15.1 Å². The summed E-state index contributed by atoms with van der Waals surface area (Å²) in [4.78, 5) is 18.3. The van der Waals surface area contributed by atoms with Gasteiger partial charge in [-0.25, -0.2) is 0 Å². The Morgan fingerprint density at radius 2 is 2.12 bits per heavy atom. The third kappa shape index (κ3) is 4.64. The summed E-state index contributed by atoms with van der Waals surface area (Å²) in [5, 5.41) is 7.65. The first kappa shape index (κ1) is 17.6. The molecule has 0 aliphatic carbocycles. The minimum Gasteiger partial charge on any atom is -0.378 e. The monoisotopic (exact) mass is 350 g/mol. The molecule has 136 valence electrons. The van der Waals surface area contributed by atoms with Crippen LogP contribution in [-0.2, 0) is 22.5 Å². The highest BCUT2D eigenvalue weighted by Crippen LogP contribution is 2.16. The molecule has 2 aromatic heterocycles. The molecule has 1 amide bonds. The zero-order valence-corrected chi connectivity index (χ0v) is 14.4. The number of hydrogen-bond acceptors (Lipinski definition) is 8. The first-order chi connectivity index (χ1) is 12.2. The molecule has 0 unspecified atom stereocenters. The van der Waals surface area contributed by atoms with Crippen LogP contribution in [0.4, 0.5) is 0 Å². The van der Waals surface area contributed by atoms with Crippen LogP contribution >= 0.6 is 0 Å². The van der Waals surface area contributed by atoms with E-state index in [-0.39, 0.29) is 12.0 Å². The van der Waals surface area contributed by atoms with Crippen molar-refractivity contribution in [2.24, 2.45) is 0 Å². The van der Waals surface area contributed by atoms with Crippen LogP contribution in [0.2, 0.25) is 0 Å². The van der Waals surface area contributed by atoms with E-state index in [1.165, 1.54) is 0 Å². The van der Waals surface area contributed by atoms with Gasteiger partial charge in [0.05, 0.1) is 12.7 Å². The predicted molar refractivity (Wildman–Crippen MR) is 84.8 cm³/mol. The summed E-state index contributed by atoms with van der Waals surface area (Å²) < 4.78 is 20.8. The Morgan fingerprint density at radius 3 is 2.80 bits per heavy atom. The summed E-state index contributed by atoms with van der Waals surface area (Å²) >= 11 is 0. The second-order valence-corrected chi connectivity index (χ2v) is 5.97. The summed E-state index contributed by atoms with van der Waals surface area (Å²) in [5.74, 6) is 1.62. The molecule has 0 saturated carbocycles. The van der Waals surface area contributed by atoms with Crippen LogP contribution in [-0.4, -0.2) is 59.0 Å². The Bertz CT molecular complexity index is 690. The quantitative estimate of drug-likeness (QED) is 0.737. The first-order valence-corrected chi connectivity index (χ1v) is 8.30. The Kier molecular flexibility index (Phi) is 5.77. The molecule has 25 heavy (non-hydrogen) atoms. The van der Waals surface area contributed by atoms with E-state index < -0.39 is 0 Å². The van der Waals surface area contributed by atoms with E-state index in [2.05, 4.69) is 15.3 Å². The van der Waals surface area contributed by atoms with Crippen molar-refractivity contribution in [1.29, 1.82) is 0 Å². The van der Waals surface area contributed by atoms with Gasteiger partial charge in [-0.05, 0) is 19.8 Å². The Balaban J connectivity index is 1.38. The number of hydrogen-bond donors (Lipinski definition) is 0. The molecule has 0 atom stereocenters. The number of methoxy groups -OCH3 is 1. The zero-order chi connectivity index (χ0) is 17.6. The lowest BCUT2D eigenvalue weighted by Crippen LogP contribution is -2.41. The molecule has 1 saturated heterocycles. The van der Waals surface area contributed by atoms with Gasteiger partial charge in [-0.15, -0.1) is 0 Å². The number of aryl methyl sites for hydroxylation is 1. The van der Waals surface area contributed by atoms with Gasteiger partial charge in [0.1, 0.15) is 12.4 Å². The molecule has 1 fully saturated rings. The van der Waals surface area contributed by atoms with Crippen LogP contribution in [0.25, 0.3) is 0 Å². The lowest BCUT2D eigenvalue weighted by atomic mass is 10.1. The number of nitrogens with zero attached hydrogens (tertiary/aromatic N) is 4. The molecule has 0 bridgehead atoms. The molecular formula is C16H22N4O5. The van der Waals surface area contributed by atoms with Crippen molar-refractivity contribution in [2.45, 2.75) is 38.9 Å². The van der Waals surface area contributed by atoms with Gasteiger partial charge in [0.2, 0.25) is 0 Å². The second-order valence-electron chi connectivity index (χ2n) is 5.97. The predicted octanol–water partition coefficient (Wildman–Crippen LogP) is 1.38. The average Bonchev–Trinajstić information content (AvgIpc) is 3.24. The highest BCUT2D eigenvalue weighted by atomic mass is 16.5. The fourth-order valence-corrected chi connectivity index (χ4v) is 2.75. The second kappa shape index (κ2) is 8.21. The Morgan fingerprint density at radius 1 is 1.32 bits per heavy atom. The van der Waals surface area contributed by atoms with E-state index in [1.54, 1.807) is 25.0 Å². The highest BCUT2D eigenvalue weighted by Gasteiger charge is 2.25. The van der Waals surface area contributed by atoms with Crippen molar-refractivity contribution < 1.29 is 23.3 Å². The zero-order valence-electron chi connectivity index (χ0n) is 14.4. The van der Waals surface area contributed by atoms with Crippen LogP contribution in [0.1, 0.15) is 40.8 Å². The molecule has 1 aliphatic rings. The molecule has 9 nitrogen and oxygen atoms in total. The van der Waals surface area contributed by atoms with Gasteiger partial charge in [0.25, 0.3) is 11.8 Å². The minimum absolute atomic E-state index is 0.0900. The SMILES string of the molecule is COCc1nc(CCOC2CCN(C(=O)c3cc(C)on3)CC2)no1.